The maximum atomic E-state index is 11.7. The number of rotatable bonds is 6. The van der Waals surface area contributed by atoms with Gasteiger partial charge >= 0.3 is 5.97 Å². The lowest BCUT2D eigenvalue weighted by atomic mass is 10.2. The zero-order valence-corrected chi connectivity index (χ0v) is 11.1. The van der Waals surface area contributed by atoms with E-state index in [9.17, 15) is 4.79 Å². The molecular weight excluding hydrogens is 232 g/mol. The Morgan fingerprint density at radius 1 is 1.22 bits per heavy atom. The summed E-state index contributed by atoms with van der Waals surface area (Å²) >= 11 is 0. The summed E-state index contributed by atoms with van der Waals surface area (Å²) in [6.45, 7) is 6.20. The molecule has 1 N–H and O–H groups in total. The van der Waals surface area contributed by atoms with Crippen molar-refractivity contribution in [3.05, 3.63) is 29.8 Å². The molecule has 0 aliphatic heterocycles. The molecule has 4 heteroatoms. The highest BCUT2D eigenvalue weighted by Gasteiger charge is 2.13. The minimum atomic E-state index is -0.407. The van der Waals surface area contributed by atoms with E-state index in [4.69, 9.17) is 14.6 Å². The number of hydrogen-bond acceptors (Lipinski definition) is 4. The normalized spacial score (nSPS) is 13.9. The van der Waals surface area contributed by atoms with Crippen molar-refractivity contribution >= 4 is 5.97 Å². The summed E-state index contributed by atoms with van der Waals surface area (Å²) in [5, 5.41) is 9.12. The third kappa shape index (κ3) is 4.75. The van der Waals surface area contributed by atoms with Gasteiger partial charge in [0, 0.05) is 0 Å². The molecular formula is C14H20O4. The first kappa shape index (κ1) is 14.5. The van der Waals surface area contributed by atoms with Gasteiger partial charge in [-0.2, -0.15) is 0 Å². The molecule has 1 aromatic carbocycles. The molecule has 0 spiro atoms. The van der Waals surface area contributed by atoms with Crippen LogP contribution in [0.25, 0.3) is 0 Å². The number of carbonyl (C=O) groups is 1. The second-order valence-electron chi connectivity index (χ2n) is 4.31. The molecule has 2 atom stereocenters. The SMILES string of the molecule is CC[C@H](C)OC[C@H](C)OC(=O)c1ccc(O)cc1. The Bertz CT molecular complexity index is 372. The summed E-state index contributed by atoms with van der Waals surface area (Å²) in [6.07, 6.45) is 0.804. The number of carbonyl (C=O) groups excluding carboxylic acids is 1. The first-order chi connectivity index (χ1) is 8.52. The van der Waals surface area contributed by atoms with Crippen LogP contribution in [0.15, 0.2) is 24.3 Å². The number of phenols is 1. The molecule has 0 saturated carbocycles. The molecule has 1 aromatic rings. The predicted octanol–water partition coefficient (Wildman–Crippen LogP) is 2.75. The average Bonchev–Trinajstić information content (AvgIpc) is 2.36. The van der Waals surface area contributed by atoms with Crippen molar-refractivity contribution < 1.29 is 19.4 Å². The number of esters is 1. The predicted molar refractivity (Wildman–Crippen MR) is 68.7 cm³/mol. The van der Waals surface area contributed by atoms with Gasteiger partial charge in [0.1, 0.15) is 11.9 Å². The molecule has 0 unspecified atom stereocenters. The summed E-state index contributed by atoms with van der Waals surface area (Å²) < 4.78 is 10.7. The Morgan fingerprint density at radius 2 is 1.83 bits per heavy atom. The third-order valence-electron chi connectivity index (χ3n) is 2.60. The van der Waals surface area contributed by atoms with Gasteiger partial charge in [-0.25, -0.2) is 4.79 Å². The van der Waals surface area contributed by atoms with Crippen LogP contribution in [0, 0.1) is 0 Å². The van der Waals surface area contributed by atoms with E-state index in [2.05, 4.69) is 0 Å². The van der Waals surface area contributed by atoms with E-state index in [1.807, 2.05) is 13.8 Å². The second-order valence-corrected chi connectivity index (χ2v) is 4.31. The van der Waals surface area contributed by atoms with Crippen molar-refractivity contribution in [2.75, 3.05) is 6.61 Å². The molecule has 0 radical (unpaired) electrons. The van der Waals surface area contributed by atoms with Gasteiger partial charge in [0.05, 0.1) is 18.3 Å². The molecule has 0 amide bonds. The van der Waals surface area contributed by atoms with Gasteiger partial charge in [0.15, 0.2) is 0 Å². The fraction of sp³-hybridized carbons (Fsp3) is 0.500. The molecule has 18 heavy (non-hydrogen) atoms. The summed E-state index contributed by atoms with van der Waals surface area (Å²) in [5.74, 6) is -0.282. The molecule has 100 valence electrons. The Kier molecular flexibility index (Phi) is 5.65. The Balaban J connectivity index is 2.42. The van der Waals surface area contributed by atoms with Crippen LogP contribution in [-0.2, 0) is 9.47 Å². The fourth-order valence-corrected chi connectivity index (χ4v) is 1.30. The Labute approximate surface area is 108 Å². The lowest BCUT2D eigenvalue weighted by Gasteiger charge is -2.16. The number of hydrogen-bond donors (Lipinski definition) is 1. The third-order valence-corrected chi connectivity index (χ3v) is 2.60. The first-order valence-electron chi connectivity index (χ1n) is 6.14. The summed E-state index contributed by atoms with van der Waals surface area (Å²) in [4.78, 5) is 11.7. The van der Waals surface area contributed by atoms with Crippen molar-refractivity contribution in [3.8, 4) is 5.75 Å². The molecule has 0 aliphatic carbocycles. The lowest BCUT2D eigenvalue weighted by molar-refractivity contribution is -0.0186. The fourth-order valence-electron chi connectivity index (χ4n) is 1.30. The molecule has 4 nitrogen and oxygen atoms in total. The maximum Gasteiger partial charge on any atom is 0.338 e. The van der Waals surface area contributed by atoms with E-state index >= 15 is 0 Å². The van der Waals surface area contributed by atoms with Gasteiger partial charge in [0.2, 0.25) is 0 Å². The van der Waals surface area contributed by atoms with Gasteiger partial charge in [-0.15, -0.1) is 0 Å². The summed E-state index contributed by atoms with van der Waals surface area (Å²) in [5.41, 5.74) is 0.420. The Hall–Kier alpha value is -1.55. The van der Waals surface area contributed by atoms with Crippen LogP contribution in [0.1, 0.15) is 37.6 Å². The lowest BCUT2D eigenvalue weighted by Crippen LogP contribution is -2.23. The van der Waals surface area contributed by atoms with Crippen LogP contribution in [0.5, 0.6) is 5.75 Å². The first-order valence-corrected chi connectivity index (χ1v) is 6.14. The van der Waals surface area contributed by atoms with Crippen LogP contribution in [-0.4, -0.2) is 29.9 Å². The minimum absolute atomic E-state index is 0.125. The van der Waals surface area contributed by atoms with Crippen molar-refractivity contribution in [3.63, 3.8) is 0 Å². The van der Waals surface area contributed by atoms with E-state index in [1.165, 1.54) is 24.3 Å². The van der Waals surface area contributed by atoms with Gasteiger partial charge in [0.25, 0.3) is 0 Å². The largest absolute Gasteiger partial charge is 0.508 e. The Morgan fingerprint density at radius 3 is 2.39 bits per heavy atom. The van der Waals surface area contributed by atoms with Crippen molar-refractivity contribution in [2.24, 2.45) is 0 Å². The van der Waals surface area contributed by atoms with E-state index < -0.39 is 5.97 Å². The summed E-state index contributed by atoms with van der Waals surface area (Å²) in [6, 6.07) is 5.97. The molecule has 0 bridgehead atoms. The quantitative estimate of drug-likeness (QED) is 0.791. The zero-order valence-electron chi connectivity index (χ0n) is 11.1. The topological polar surface area (TPSA) is 55.8 Å². The maximum absolute atomic E-state index is 11.7. The van der Waals surface area contributed by atoms with Crippen LogP contribution in [0.2, 0.25) is 0 Å². The van der Waals surface area contributed by atoms with Crippen molar-refractivity contribution in [2.45, 2.75) is 39.4 Å². The number of benzene rings is 1. The zero-order chi connectivity index (χ0) is 13.5. The number of phenolic OH excluding ortho intramolecular Hbond substituents is 1. The van der Waals surface area contributed by atoms with Crippen molar-refractivity contribution in [1.82, 2.24) is 0 Å². The van der Waals surface area contributed by atoms with E-state index in [0.717, 1.165) is 6.42 Å². The molecule has 1 rings (SSSR count). The second kappa shape index (κ2) is 7.01. The van der Waals surface area contributed by atoms with Gasteiger partial charge in [-0.1, -0.05) is 6.92 Å². The van der Waals surface area contributed by atoms with Crippen LogP contribution in [0.4, 0.5) is 0 Å². The molecule has 0 fully saturated rings. The molecule has 0 heterocycles. The average molecular weight is 252 g/mol. The molecule has 0 aromatic heterocycles. The molecule has 0 saturated heterocycles. The van der Waals surface area contributed by atoms with Gasteiger partial charge < -0.3 is 14.6 Å². The van der Waals surface area contributed by atoms with Crippen molar-refractivity contribution in [1.29, 1.82) is 0 Å². The summed E-state index contributed by atoms with van der Waals surface area (Å²) in [7, 11) is 0. The van der Waals surface area contributed by atoms with E-state index in [0.29, 0.717) is 12.2 Å². The number of ether oxygens (including phenoxy) is 2. The smallest absolute Gasteiger partial charge is 0.338 e. The van der Waals surface area contributed by atoms with E-state index in [-0.39, 0.29) is 18.0 Å². The highest BCUT2D eigenvalue weighted by Crippen LogP contribution is 2.11. The monoisotopic (exact) mass is 252 g/mol. The van der Waals surface area contributed by atoms with Gasteiger partial charge in [-0.05, 0) is 44.5 Å². The van der Waals surface area contributed by atoms with Gasteiger partial charge in [-0.3, -0.25) is 0 Å². The minimum Gasteiger partial charge on any atom is -0.508 e. The number of aromatic hydroxyl groups is 1. The highest BCUT2D eigenvalue weighted by atomic mass is 16.6. The van der Waals surface area contributed by atoms with Crippen LogP contribution in [0.3, 0.4) is 0 Å². The van der Waals surface area contributed by atoms with Crippen LogP contribution >= 0.6 is 0 Å². The van der Waals surface area contributed by atoms with Crippen LogP contribution < -0.4 is 0 Å². The van der Waals surface area contributed by atoms with E-state index in [1.54, 1.807) is 6.92 Å². The standard InChI is InChI=1S/C14H20O4/c1-4-10(2)17-9-11(3)18-14(16)12-5-7-13(15)8-6-12/h5-8,10-11,15H,4,9H2,1-3H3/t10-,11-/m0/s1. The molecule has 0 aliphatic rings. The highest BCUT2D eigenvalue weighted by molar-refractivity contribution is 5.89.